The molecule has 0 bridgehead atoms. The van der Waals surface area contributed by atoms with E-state index in [0.717, 1.165) is 22.8 Å². The first-order valence-corrected chi connectivity index (χ1v) is 7.51. The second-order valence-electron chi connectivity index (χ2n) is 4.04. The van der Waals surface area contributed by atoms with Gasteiger partial charge in [0.15, 0.2) is 4.96 Å². The minimum absolute atomic E-state index is 0.275. The Morgan fingerprint density at radius 1 is 1.44 bits per heavy atom. The Hall–Kier alpha value is -1.21. The highest BCUT2D eigenvalue weighted by Gasteiger charge is 2.10. The van der Waals surface area contributed by atoms with Crippen molar-refractivity contribution in [3.8, 4) is 0 Å². The summed E-state index contributed by atoms with van der Waals surface area (Å²) in [7, 11) is 0. The van der Waals surface area contributed by atoms with Crippen LogP contribution in [0.4, 0.5) is 0 Å². The van der Waals surface area contributed by atoms with Crippen molar-refractivity contribution in [3.05, 3.63) is 35.4 Å². The average molecular weight is 326 g/mol. The topological polar surface area (TPSA) is 48.0 Å². The van der Waals surface area contributed by atoms with E-state index in [1.54, 1.807) is 11.3 Å². The molecular weight excluding hydrogens is 314 g/mol. The Labute approximate surface area is 117 Å². The number of alkyl halides is 1. The molecule has 0 fully saturated rings. The minimum atomic E-state index is 0.275. The Morgan fingerprint density at radius 2 is 2.33 bits per heavy atom. The molecule has 0 radical (unpaired) electrons. The third-order valence-electron chi connectivity index (χ3n) is 2.70. The van der Waals surface area contributed by atoms with Crippen molar-refractivity contribution >= 4 is 32.2 Å². The third kappa shape index (κ3) is 2.20. The highest BCUT2D eigenvalue weighted by atomic mass is 79.9. The van der Waals surface area contributed by atoms with Crippen LogP contribution in [0.3, 0.4) is 0 Å². The average Bonchev–Trinajstić information content (AvgIpc) is 3.03. The predicted molar refractivity (Wildman–Crippen MR) is 74.2 cm³/mol. The van der Waals surface area contributed by atoms with Crippen molar-refractivity contribution < 1.29 is 0 Å². The number of fused-ring (bicyclic) bond motifs is 1. The summed E-state index contributed by atoms with van der Waals surface area (Å²) >= 11 is 5.20. The maximum absolute atomic E-state index is 4.52. The summed E-state index contributed by atoms with van der Waals surface area (Å²) in [5, 5.41) is 10.3. The van der Waals surface area contributed by atoms with Crippen LogP contribution in [-0.2, 0) is 6.54 Å². The maximum atomic E-state index is 4.52. The smallest absolute Gasteiger partial charge is 0.193 e. The van der Waals surface area contributed by atoms with Gasteiger partial charge in [0.25, 0.3) is 0 Å². The van der Waals surface area contributed by atoms with Crippen LogP contribution in [0.25, 0.3) is 4.96 Å². The molecule has 0 aliphatic heterocycles. The fourth-order valence-electron chi connectivity index (χ4n) is 1.76. The lowest BCUT2D eigenvalue weighted by molar-refractivity contribution is 0.640. The number of nitrogens with zero attached hydrogens (tertiary/aromatic N) is 5. The quantitative estimate of drug-likeness (QED) is 0.693. The van der Waals surface area contributed by atoms with Gasteiger partial charge in [0.1, 0.15) is 0 Å². The van der Waals surface area contributed by atoms with Crippen molar-refractivity contribution in [2.75, 3.05) is 0 Å². The molecule has 0 N–H and O–H groups in total. The van der Waals surface area contributed by atoms with Gasteiger partial charge >= 0.3 is 0 Å². The van der Waals surface area contributed by atoms with Gasteiger partial charge in [-0.2, -0.15) is 0 Å². The zero-order valence-electron chi connectivity index (χ0n) is 9.82. The summed E-state index contributed by atoms with van der Waals surface area (Å²) < 4.78 is 3.85. The number of aromatic nitrogens is 5. The lowest BCUT2D eigenvalue weighted by Crippen LogP contribution is -2.00. The number of halogens is 1. The van der Waals surface area contributed by atoms with E-state index in [1.165, 1.54) is 0 Å². The van der Waals surface area contributed by atoms with Crippen LogP contribution in [0.2, 0.25) is 0 Å². The van der Waals surface area contributed by atoms with Gasteiger partial charge in [0.05, 0.1) is 29.0 Å². The van der Waals surface area contributed by atoms with E-state index < -0.39 is 0 Å². The second-order valence-corrected chi connectivity index (χ2v) is 6.02. The highest BCUT2D eigenvalue weighted by molar-refractivity contribution is 9.09. The van der Waals surface area contributed by atoms with E-state index in [4.69, 9.17) is 0 Å². The minimum Gasteiger partial charge on any atom is -0.297 e. The van der Waals surface area contributed by atoms with Crippen molar-refractivity contribution in [3.63, 3.8) is 0 Å². The molecule has 94 valence electrons. The van der Waals surface area contributed by atoms with Gasteiger partial charge in [0.2, 0.25) is 0 Å². The summed E-state index contributed by atoms with van der Waals surface area (Å²) in [5.74, 6) is 0. The van der Waals surface area contributed by atoms with Crippen LogP contribution in [0, 0.1) is 0 Å². The predicted octanol–water partition coefficient (Wildman–Crippen LogP) is 2.88. The Bertz CT molecular complexity index is 627. The number of hydrogen-bond acceptors (Lipinski definition) is 4. The maximum Gasteiger partial charge on any atom is 0.193 e. The van der Waals surface area contributed by atoms with Crippen molar-refractivity contribution in [2.24, 2.45) is 0 Å². The van der Waals surface area contributed by atoms with E-state index >= 15 is 0 Å². The molecule has 0 amide bonds. The fraction of sp³-hybridized carbons (Fsp3) is 0.364. The third-order valence-corrected chi connectivity index (χ3v) is 4.59. The van der Waals surface area contributed by atoms with Crippen LogP contribution in [0.1, 0.15) is 29.6 Å². The SMILES string of the molecule is CCC(Br)c1cn(Cc2cn3ccsc3n2)nn1. The van der Waals surface area contributed by atoms with E-state index in [9.17, 15) is 0 Å². The lowest BCUT2D eigenvalue weighted by atomic mass is 10.3. The summed E-state index contributed by atoms with van der Waals surface area (Å²) in [5.41, 5.74) is 1.97. The normalized spacial score (nSPS) is 13.2. The zero-order valence-corrected chi connectivity index (χ0v) is 12.2. The first-order chi connectivity index (χ1) is 8.76. The van der Waals surface area contributed by atoms with Crippen LogP contribution in [0.5, 0.6) is 0 Å². The molecule has 0 aliphatic rings. The van der Waals surface area contributed by atoms with Crippen molar-refractivity contribution in [2.45, 2.75) is 24.7 Å². The molecule has 1 atom stereocenters. The van der Waals surface area contributed by atoms with E-state index in [0.29, 0.717) is 6.54 Å². The molecule has 1 unspecified atom stereocenters. The van der Waals surface area contributed by atoms with Crippen LogP contribution >= 0.6 is 27.3 Å². The molecule has 0 aliphatic carbocycles. The molecule has 5 nitrogen and oxygen atoms in total. The molecule has 3 rings (SSSR count). The summed E-state index contributed by atoms with van der Waals surface area (Å²) in [6.45, 7) is 2.77. The van der Waals surface area contributed by atoms with Gasteiger partial charge in [-0.05, 0) is 6.42 Å². The molecule has 0 aromatic carbocycles. The van der Waals surface area contributed by atoms with E-state index in [1.807, 2.05) is 33.1 Å². The number of thiazole rings is 1. The Balaban J connectivity index is 1.79. The van der Waals surface area contributed by atoms with Crippen molar-refractivity contribution in [1.29, 1.82) is 0 Å². The molecule has 3 heterocycles. The van der Waals surface area contributed by atoms with Gasteiger partial charge in [-0.3, -0.25) is 4.40 Å². The van der Waals surface area contributed by atoms with Crippen molar-refractivity contribution in [1.82, 2.24) is 24.4 Å². The summed E-state index contributed by atoms with van der Waals surface area (Å²) in [6.07, 6.45) is 7.00. The number of hydrogen-bond donors (Lipinski definition) is 0. The molecule has 3 aromatic heterocycles. The number of rotatable bonds is 4. The molecule has 0 saturated heterocycles. The summed E-state index contributed by atoms with van der Waals surface area (Å²) in [6, 6.07) is 0. The first-order valence-electron chi connectivity index (χ1n) is 5.71. The molecular formula is C11H12BrN5S. The lowest BCUT2D eigenvalue weighted by Gasteiger charge is -1.99. The molecule has 7 heteroatoms. The zero-order chi connectivity index (χ0) is 12.5. The fourth-order valence-corrected chi connectivity index (χ4v) is 2.69. The van der Waals surface area contributed by atoms with E-state index in [2.05, 4.69) is 38.1 Å². The van der Waals surface area contributed by atoms with Gasteiger partial charge in [-0.15, -0.1) is 16.4 Å². The monoisotopic (exact) mass is 325 g/mol. The largest absolute Gasteiger partial charge is 0.297 e. The van der Waals surface area contributed by atoms with Crippen LogP contribution < -0.4 is 0 Å². The van der Waals surface area contributed by atoms with Gasteiger partial charge in [0, 0.05) is 17.8 Å². The molecule has 0 spiro atoms. The second kappa shape index (κ2) is 4.81. The molecule has 0 saturated carbocycles. The van der Waals surface area contributed by atoms with Gasteiger partial charge < -0.3 is 0 Å². The van der Waals surface area contributed by atoms with E-state index in [-0.39, 0.29) is 4.83 Å². The van der Waals surface area contributed by atoms with Gasteiger partial charge in [-0.25, -0.2) is 9.67 Å². The molecule has 3 aromatic rings. The number of imidazole rings is 1. The first kappa shape index (κ1) is 11.9. The van der Waals surface area contributed by atoms with Gasteiger partial charge in [-0.1, -0.05) is 28.1 Å². The Morgan fingerprint density at radius 3 is 3.11 bits per heavy atom. The standard InChI is InChI=1S/C11H12BrN5S/c1-2-9(12)10-7-17(15-14-10)6-8-5-16-3-4-18-11(16)13-8/h3-5,7,9H,2,6H2,1H3. The highest BCUT2D eigenvalue weighted by Crippen LogP contribution is 2.23. The van der Waals surface area contributed by atoms with Crippen LogP contribution in [0.15, 0.2) is 24.0 Å². The Kier molecular flexibility index (Phi) is 3.17. The molecule has 18 heavy (non-hydrogen) atoms. The summed E-state index contributed by atoms with van der Waals surface area (Å²) in [4.78, 5) is 5.81. The van der Waals surface area contributed by atoms with Crippen LogP contribution in [-0.4, -0.2) is 24.4 Å².